The molecule has 0 radical (unpaired) electrons. The van der Waals surface area contributed by atoms with Crippen molar-refractivity contribution in [2.45, 2.75) is 12.6 Å². The van der Waals surface area contributed by atoms with Gasteiger partial charge in [0.25, 0.3) is 11.8 Å². The van der Waals surface area contributed by atoms with Crippen molar-refractivity contribution in [3.8, 4) is 5.75 Å². The van der Waals surface area contributed by atoms with Gasteiger partial charge in [0.1, 0.15) is 11.8 Å². The van der Waals surface area contributed by atoms with E-state index in [2.05, 4.69) is 10.6 Å². The summed E-state index contributed by atoms with van der Waals surface area (Å²) < 4.78 is 5.12. The van der Waals surface area contributed by atoms with Crippen LogP contribution >= 0.6 is 0 Å². The minimum Gasteiger partial charge on any atom is -0.497 e. The first-order valence-electron chi connectivity index (χ1n) is 6.16. The highest BCUT2D eigenvalue weighted by atomic mass is 16.5. The van der Waals surface area contributed by atoms with E-state index in [0.29, 0.717) is 17.9 Å². The van der Waals surface area contributed by atoms with E-state index in [9.17, 15) is 14.4 Å². The quantitative estimate of drug-likeness (QED) is 0.751. The standard InChI is InChI=1S/C13H13N3O4/c1-20-8-2-3-9-7(4-8)5-16(12(9)18)6-10-11(17)15-13(19)14-10/h2-4,10H,5-6H2,1H3,(H2,14,15,17,19). The van der Waals surface area contributed by atoms with E-state index in [-0.39, 0.29) is 12.5 Å². The number of carbonyl (C=O) groups is 3. The van der Waals surface area contributed by atoms with Crippen molar-refractivity contribution in [3.63, 3.8) is 0 Å². The number of imide groups is 1. The maximum absolute atomic E-state index is 12.2. The molecule has 20 heavy (non-hydrogen) atoms. The van der Waals surface area contributed by atoms with Crippen LogP contribution in [0, 0.1) is 0 Å². The van der Waals surface area contributed by atoms with E-state index < -0.39 is 18.0 Å². The number of nitrogens with one attached hydrogen (secondary N) is 2. The van der Waals surface area contributed by atoms with E-state index >= 15 is 0 Å². The van der Waals surface area contributed by atoms with Gasteiger partial charge in [-0.05, 0) is 23.8 Å². The van der Waals surface area contributed by atoms with E-state index in [1.54, 1.807) is 30.2 Å². The Bertz CT molecular complexity index is 614. The molecule has 0 saturated carbocycles. The fourth-order valence-electron chi connectivity index (χ4n) is 2.44. The van der Waals surface area contributed by atoms with Crippen molar-refractivity contribution in [2.24, 2.45) is 0 Å². The van der Waals surface area contributed by atoms with E-state index in [0.717, 1.165) is 5.56 Å². The summed E-state index contributed by atoms with van der Waals surface area (Å²) in [4.78, 5) is 36.3. The summed E-state index contributed by atoms with van der Waals surface area (Å²) in [7, 11) is 1.56. The number of amides is 4. The Kier molecular flexibility index (Phi) is 2.81. The summed E-state index contributed by atoms with van der Waals surface area (Å²) >= 11 is 0. The minimum atomic E-state index is -0.692. The first-order valence-corrected chi connectivity index (χ1v) is 6.16. The molecule has 2 N–H and O–H groups in total. The van der Waals surface area contributed by atoms with Crippen molar-refractivity contribution >= 4 is 17.8 Å². The van der Waals surface area contributed by atoms with Crippen LogP contribution in [0.5, 0.6) is 5.75 Å². The number of hydrogen-bond donors (Lipinski definition) is 2. The third-order valence-corrected chi connectivity index (χ3v) is 3.45. The normalized spacial score (nSPS) is 20.8. The minimum absolute atomic E-state index is 0.142. The second kappa shape index (κ2) is 4.52. The van der Waals surface area contributed by atoms with Crippen molar-refractivity contribution in [2.75, 3.05) is 13.7 Å². The number of fused-ring (bicyclic) bond motifs is 1. The maximum Gasteiger partial charge on any atom is 0.322 e. The monoisotopic (exact) mass is 275 g/mol. The lowest BCUT2D eigenvalue weighted by Gasteiger charge is -2.18. The van der Waals surface area contributed by atoms with Gasteiger partial charge in [0.2, 0.25) is 0 Å². The Morgan fingerprint density at radius 2 is 2.15 bits per heavy atom. The molecule has 7 heteroatoms. The van der Waals surface area contributed by atoms with Crippen LogP contribution in [0.2, 0.25) is 0 Å². The van der Waals surface area contributed by atoms with Gasteiger partial charge in [-0.2, -0.15) is 0 Å². The topological polar surface area (TPSA) is 87.7 Å². The third-order valence-electron chi connectivity index (χ3n) is 3.45. The first kappa shape index (κ1) is 12.5. The smallest absolute Gasteiger partial charge is 0.322 e. The van der Waals surface area contributed by atoms with Crippen molar-refractivity contribution < 1.29 is 19.1 Å². The Labute approximate surface area is 114 Å². The molecular formula is C13H13N3O4. The molecule has 3 rings (SSSR count). The average Bonchev–Trinajstić information content (AvgIpc) is 2.90. The Morgan fingerprint density at radius 1 is 1.35 bits per heavy atom. The predicted molar refractivity (Wildman–Crippen MR) is 68.2 cm³/mol. The molecule has 1 aromatic rings. The molecule has 0 aliphatic carbocycles. The van der Waals surface area contributed by atoms with Crippen LogP contribution in [-0.4, -0.2) is 42.4 Å². The van der Waals surface area contributed by atoms with Gasteiger partial charge in [-0.1, -0.05) is 0 Å². The SMILES string of the molecule is COc1ccc2c(c1)CN(CC1NC(=O)NC1=O)C2=O. The van der Waals surface area contributed by atoms with Crippen LogP contribution in [0.15, 0.2) is 18.2 Å². The molecule has 1 fully saturated rings. The third kappa shape index (κ3) is 1.97. The fourth-order valence-corrected chi connectivity index (χ4v) is 2.44. The van der Waals surface area contributed by atoms with E-state index in [1.807, 2.05) is 0 Å². The lowest BCUT2D eigenvalue weighted by molar-refractivity contribution is -0.120. The summed E-state index contributed by atoms with van der Waals surface area (Å²) in [6, 6.07) is 4.03. The van der Waals surface area contributed by atoms with Gasteiger partial charge >= 0.3 is 6.03 Å². The van der Waals surface area contributed by atoms with Gasteiger partial charge < -0.3 is 15.0 Å². The zero-order valence-electron chi connectivity index (χ0n) is 10.8. The predicted octanol–water partition coefficient (Wildman–Crippen LogP) is -0.141. The Balaban J connectivity index is 1.76. The number of nitrogens with zero attached hydrogens (tertiary/aromatic N) is 1. The number of rotatable bonds is 3. The zero-order valence-corrected chi connectivity index (χ0v) is 10.8. The Morgan fingerprint density at radius 3 is 2.80 bits per heavy atom. The Hall–Kier alpha value is -2.57. The second-order valence-electron chi connectivity index (χ2n) is 4.72. The summed E-state index contributed by atoms with van der Waals surface area (Å²) in [6.07, 6.45) is 0. The summed E-state index contributed by atoms with van der Waals surface area (Å²) in [6.45, 7) is 0.568. The molecule has 4 amide bonds. The second-order valence-corrected chi connectivity index (χ2v) is 4.72. The van der Waals surface area contributed by atoms with Crippen molar-refractivity contribution in [1.29, 1.82) is 0 Å². The molecule has 1 unspecified atom stereocenters. The molecule has 0 bridgehead atoms. The van der Waals surface area contributed by atoms with Gasteiger partial charge in [-0.3, -0.25) is 14.9 Å². The van der Waals surface area contributed by atoms with Gasteiger partial charge in [0.15, 0.2) is 0 Å². The number of benzene rings is 1. The molecule has 1 atom stereocenters. The zero-order chi connectivity index (χ0) is 14.3. The highest BCUT2D eigenvalue weighted by Crippen LogP contribution is 2.26. The molecule has 0 aromatic heterocycles. The first-order chi connectivity index (χ1) is 9.58. The lowest BCUT2D eigenvalue weighted by Crippen LogP contribution is -2.42. The number of urea groups is 1. The lowest BCUT2D eigenvalue weighted by atomic mass is 10.1. The molecule has 1 aromatic carbocycles. The largest absolute Gasteiger partial charge is 0.497 e. The molecule has 1 saturated heterocycles. The van der Waals surface area contributed by atoms with Crippen molar-refractivity contribution in [3.05, 3.63) is 29.3 Å². The van der Waals surface area contributed by atoms with Gasteiger partial charge in [-0.15, -0.1) is 0 Å². The maximum atomic E-state index is 12.2. The van der Waals surface area contributed by atoms with Gasteiger partial charge in [0, 0.05) is 12.1 Å². The number of ether oxygens (including phenoxy) is 1. The molecule has 2 aliphatic heterocycles. The van der Waals surface area contributed by atoms with Crippen LogP contribution in [0.3, 0.4) is 0 Å². The van der Waals surface area contributed by atoms with Gasteiger partial charge in [-0.25, -0.2) is 4.79 Å². The summed E-state index contributed by atoms with van der Waals surface area (Å²) in [5.74, 6) is 0.137. The highest BCUT2D eigenvalue weighted by Gasteiger charge is 2.35. The highest BCUT2D eigenvalue weighted by molar-refractivity contribution is 6.05. The molecule has 2 aliphatic rings. The number of methoxy groups -OCH3 is 1. The fraction of sp³-hybridized carbons (Fsp3) is 0.308. The summed E-state index contributed by atoms with van der Waals surface area (Å²) in [5.41, 5.74) is 1.47. The van der Waals surface area contributed by atoms with Crippen LogP contribution in [0.1, 0.15) is 15.9 Å². The molecule has 2 heterocycles. The average molecular weight is 275 g/mol. The van der Waals surface area contributed by atoms with E-state index in [4.69, 9.17) is 4.74 Å². The van der Waals surface area contributed by atoms with Crippen LogP contribution in [0.4, 0.5) is 4.79 Å². The number of hydrogen-bond acceptors (Lipinski definition) is 4. The van der Waals surface area contributed by atoms with Crippen LogP contribution in [-0.2, 0) is 11.3 Å². The van der Waals surface area contributed by atoms with E-state index in [1.165, 1.54) is 0 Å². The molecule has 7 nitrogen and oxygen atoms in total. The van der Waals surface area contributed by atoms with Crippen molar-refractivity contribution in [1.82, 2.24) is 15.5 Å². The van der Waals surface area contributed by atoms with Crippen LogP contribution < -0.4 is 15.4 Å². The molecular weight excluding hydrogens is 262 g/mol. The molecule has 104 valence electrons. The summed E-state index contributed by atoms with van der Waals surface area (Å²) in [5, 5.41) is 4.63. The van der Waals surface area contributed by atoms with Gasteiger partial charge in [0.05, 0.1) is 13.7 Å². The van der Waals surface area contributed by atoms with Crippen LogP contribution in [0.25, 0.3) is 0 Å². The number of carbonyl (C=O) groups excluding carboxylic acids is 3. The molecule has 0 spiro atoms.